The number of halogens is 2. The van der Waals surface area contributed by atoms with Gasteiger partial charge in [-0.05, 0) is 24.3 Å². The molecule has 0 atom stereocenters. The molecule has 0 saturated heterocycles. The van der Waals surface area contributed by atoms with Gasteiger partial charge in [-0.15, -0.1) is 11.6 Å². The lowest BCUT2D eigenvalue weighted by atomic mass is 10.2. The maximum Gasteiger partial charge on any atom is 0.125 e. The quantitative estimate of drug-likeness (QED) is 0.682. The highest BCUT2D eigenvalue weighted by molar-refractivity contribution is 6.17. The highest BCUT2D eigenvalue weighted by Crippen LogP contribution is 2.25. The lowest BCUT2D eigenvalue weighted by Crippen LogP contribution is -2.02. The first-order valence-electron chi connectivity index (χ1n) is 6.60. The van der Waals surface area contributed by atoms with Gasteiger partial charge >= 0.3 is 0 Å². The van der Waals surface area contributed by atoms with Crippen molar-refractivity contribution in [1.29, 1.82) is 0 Å². The zero-order valence-electron chi connectivity index (χ0n) is 11.5. The van der Waals surface area contributed by atoms with Gasteiger partial charge in [-0.1, -0.05) is 6.07 Å². The fraction of sp³-hybridized carbons (Fsp3) is 0.188. The summed E-state index contributed by atoms with van der Waals surface area (Å²) < 4.78 is 20.6. The van der Waals surface area contributed by atoms with Crippen LogP contribution in [-0.4, -0.2) is 22.5 Å². The van der Waals surface area contributed by atoms with Crippen LogP contribution in [0, 0.1) is 5.82 Å². The van der Waals surface area contributed by atoms with E-state index in [2.05, 4.69) is 4.98 Å². The minimum atomic E-state index is -0.296. The van der Waals surface area contributed by atoms with Crippen LogP contribution >= 0.6 is 11.6 Å². The average molecular weight is 305 g/mol. The van der Waals surface area contributed by atoms with Gasteiger partial charge in [-0.3, -0.25) is 4.57 Å². The van der Waals surface area contributed by atoms with Crippen LogP contribution in [-0.2, 0) is 6.42 Å². The molecule has 21 heavy (non-hydrogen) atoms. The second kappa shape index (κ2) is 5.74. The molecule has 0 bridgehead atoms. The number of alkyl halides is 1. The van der Waals surface area contributed by atoms with Crippen molar-refractivity contribution in [3.8, 4) is 11.4 Å². The summed E-state index contributed by atoms with van der Waals surface area (Å²) in [5.74, 6) is 1.72. The van der Waals surface area contributed by atoms with Crippen LogP contribution in [0.5, 0.6) is 5.75 Å². The maximum atomic E-state index is 13.4. The number of hydrogen-bond donors (Lipinski definition) is 0. The molecule has 0 aliphatic rings. The predicted molar refractivity (Wildman–Crippen MR) is 82.0 cm³/mol. The van der Waals surface area contributed by atoms with Gasteiger partial charge < -0.3 is 4.74 Å². The molecule has 3 rings (SSSR count). The summed E-state index contributed by atoms with van der Waals surface area (Å²) in [5.41, 5.74) is 2.39. The Kier molecular flexibility index (Phi) is 3.80. The van der Waals surface area contributed by atoms with Gasteiger partial charge in [0.25, 0.3) is 0 Å². The summed E-state index contributed by atoms with van der Waals surface area (Å²) >= 11 is 5.86. The largest absolute Gasteiger partial charge is 0.497 e. The Balaban J connectivity index is 2.25. The van der Waals surface area contributed by atoms with E-state index in [-0.39, 0.29) is 5.82 Å². The minimum absolute atomic E-state index is 0.296. The van der Waals surface area contributed by atoms with E-state index in [9.17, 15) is 4.39 Å². The maximum absolute atomic E-state index is 13.4. The first-order chi connectivity index (χ1) is 10.2. The van der Waals surface area contributed by atoms with E-state index in [1.807, 2.05) is 28.8 Å². The Morgan fingerprint density at radius 3 is 2.86 bits per heavy atom. The Labute approximate surface area is 126 Å². The Morgan fingerprint density at radius 2 is 2.10 bits per heavy atom. The third-order valence-electron chi connectivity index (χ3n) is 3.32. The molecule has 0 saturated carbocycles. The average Bonchev–Trinajstić information content (AvgIpc) is 2.84. The molecule has 0 radical (unpaired) electrons. The molecule has 0 N–H and O–H groups in total. The van der Waals surface area contributed by atoms with Crippen molar-refractivity contribution < 1.29 is 9.13 Å². The number of nitrogens with zero attached hydrogens (tertiary/aromatic N) is 2. The number of aryl methyl sites for hydroxylation is 1. The van der Waals surface area contributed by atoms with E-state index in [0.29, 0.717) is 17.8 Å². The second-order valence-electron chi connectivity index (χ2n) is 4.64. The molecule has 2 aromatic carbocycles. The Bertz CT molecular complexity index is 785. The third-order valence-corrected chi connectivity index (χ3v) is 3.50. The van der Waals surface area contributed by atoms with E-state index in [0.717, 1.165) is 22.8 Å². The van der Waals surface area contributed by atoms with Crippen molar-refractivity contribution in [2.24, 2.45) is 0 Å². The van der Waals surface area contributed by atoms with Crippen LogP contribution in [0.15, 0.2) is 42.5 Å². The first kappa shape index (κ1) is 13.9. The van der Waals surface area contributed by atoms with Crippen molar-refractivity contribution in [3.63, 3.8) is 0 Å². The van der Waals surface area contributed by atoms with Crippen LogP contribution < -0.4 is 4.74 Å². The number of hydrogen-bond acceptors (Lipinski definition) is 2. The zero-order valence-corrected chi connectivity index (χ0v) is 12.3. The van der Waals surface area contributed by atoms with Gasteiger partial charge in [0.15, 0.2) is 0 Å². The summed E-state index contributed by atoms with van der Waals surface area (Å²) in [4.78, 5) is 4.49. The van der Waals surface area contributed by atoms with Gasteiger partial charge in [0, 0.05) is 24.4 Å². The molecule has 3 aromatic rings. The van der Waals surface area contributed by atoms with E-state index in [1.165, 1.54) is 12.1 Å². The number of methoxy groups -OCH3 is 1. The van der Waals surface area contributed by atoms with Gasteiger partial charge in [0.05, 0.1) is 23.8 Å². The summed E-state index contributed by atoms with van der Waals surface area (Å²) in [6.07, 6.45) is 0.606. The molecule has 3 nitrogen and oxygen atoms in total. The van der Waals surface area contributed by atoms with Crippen molar-refractivity contribution in [2.45, 2.75) is 6.42 Å². The number of aromatic nitrogens is 2. The van der Waals surface area contributed by atoms with E-state index >= 15 is 0 Å². The Hall–Kier alpha value is -2.07. The lowest BCUT2D eigenvalue weighted by molar-refractivity contribution is 0.414. The zero-order chi connectivity index (χ0) is 14.8. The fourth-order valence-corrected chi connectivity index (χ4v) is 2.56. The molecule has 0 fully saturated rings. The van der Waals surface area contributed by atoms with Gasteiger partial charge in [-0.25, -0.2) is 9.37 Å². The van der Waals surface area contributed by atoms with Crippen LogP contribution in [0.25, 0.3) is 16.7 Å². The molecule has 1 aromatic heterocycles. The molecular weight excluding hydrogens is 291 g/mol. The summed E-state index contributed by atoms with van der Waals surface area (Å²) in [5, 5.41) is 0. The SMILES string of the molecule is COc1cccc(-n2c(CCCl)nc3cc(F)ccc32)c1. The fourth-order valence-electron chi connectivity index (χ4n) is 2.39. The monoisotopic (exact) mass is 304 g/mol. The van der Waals surface area contributed by atoms with Crippen molar-refractivity contribution in [2.75, 3.05) is 13.0 Å². The molecule has 108 valence electrons. The molecule has 5 heteroatoms. The number of ether oxygens (including phenoxy) is 1. The first-order valence-corrected chi connectivity index (χ1v) is 7.13. The van der Waals surface area contributed by atoms with Crippen molar-refractivity contribution in [3.05, 3.63) is 54.1 Å². The summed E-state index contributed by atoms with van der Waals surface area (Å²) in [6, 6.07) is 12.3. The predicted octanol–water partition coefficient (Wildman–Crippen LogP) is 3.95. The van der Waals surface area contributed by atoms with E-state index in [4.69, 9.17) is 16.3 Å². The van der Waals surface area contributed by atoms with Crippen LogP contribution in [0.1, 0.15) is 5.82 Å². The standard InChI is InChI=1S/C16H14ClFN2O/c1-21-13-4-2-3-12(10-13)20-15-6-5-11(18)9-14(15)19-16(20)7-8-17/h2-6,9-10H,7-8H2,1H3. The normalized spacial score (nSPS) is 11.0. The molecule has 0 aliphatic heterocycles. The molecule has 0 aliphatic carbocycles. The number of rotatable bonds is 4. The molecular formula is C16H14ClFN2O. The number of fused-ring (bicyclic) bond motifs is 1. The van der Waals surface area contributed by atoms with E-state index in [1.54, 1.807) is 13.2 Å². The topological polar surface area (TPSA) is 27.1 Å². The molecule has 0 spiro atoms. The lowest BCUT2D eigenvalue weighted by Gasteiger charge is -2.10. The van der Waals surface area contributed by atoms with Gasteiger partial charge in [0.2, 0.25) is 0 Å². The highest BCUT2D eigenvalue weighted by Gasteiger charge is 2.13. The third kappa shape index (κ3) is 2.59. The minimum Gasteiger partial charge on any atom is -0.497 e. The number of imidazole rings is 1. The molecule has 1 heterocycles. The van der Waals surface area contributed by atoms with Gasteiger partial charge in [-0.2, -0.15) is 0 Å². The summed E-state index contributed by atoms with van der Waals surface area (Å²) in [7, 11) is 1.63. The second-order valence-corrected chi connectivity index (χ2v) is 5.01. The van der Waals surface area contributed by atoms with Crippen molar-refractivity contribution in [1.82, 2.24) is 9.55 Å². The summed E-state index contributed by atoms with van der Waals surface area (Å²) in [6.45, 7) is 0. The van der Waals surface area contributed by atoms with Crippen molar-refractivity contribution >= 4 is 22.6 Å². The van der Waals surface area contributed by atoms with Gasteiger partial charge in [0.1, 0.15) is 17.4 Å². The van der Waals surface area contributed by atoms with Crippen LogP contribution in [0.4, 0.5) is 4.39 Å². The molecule has 0 unspecified atom stereocenters. The molecule has 0 amide bonds. The van der Waals surface area contributed by atoms with Crippen LogP contribution in [0.2, 0.25) is 0 Å². The van der Waals surface area contributed by atoms with Crippen LogP contribution in [0.3, 0.4) is 0 Å². The smallest absolute Gasteiger partial charge is 0.125 e. The van der Waals surface area contributed by atoms with E-state index < -0.39 is 0 Å². The Morgan fingerprint density at radius 1 is 1.24 bits per heavy atom. The number of benzene rings is 2. The highest BCUT2D eigenvalue weighted by atomic mass is 35.5.